The number of aromatic nitrogens is 4. The molecule has 3 rings (SSSR count). The molecule has 0 aliphatic heterocycles. The van der Waals surface area contributed by atoms with Crippen molar-refractivity contribution >= 4 is 27.9 Å². The van der Waals surface area contributed by atoms with Gasteiger partial charge in [0.2, 0.25) is 4.96 Å². The minimum Gasteiger partial charge on any atom is -0.187 e. The van der Waals surface area contributed by atoms with Crippen LogP contribution >= 0.6 is 22.9 Å². The third-order valence-corrected chi connectivity index (χ3v) is 4.25. The minimum atomic E-state index is -0.234. The molecule has 0 saturated heterocycles. The molecule has 1 atom stereocenters. The van der Waals surface area contributed by atoms with E-state index in [-0.39, 0.29) is 5.38 Å². The first-order valence-corrected chi connectivity index (χ1v) is 6.95. The zero-order valence-electron chi connectivity index (χ0n) is 9.75. The van der Waals surface area contributed by atoms with Gasteiger partial charge in [0.15, 0.2) is 5.82 Å². The molecule has 0 N–H and O–H groups in total. The van der Waals surface area contributed by atoms with Crippen molar-refractivity contribution in [3.8, 4) is 0 Å². The van der Waals surface area contributed by atoms with Crippen LogP contribution in [0.5, 0.6) is 0 Å². The highest BCUT2D eigenvalue weighted by atomic mass is 35.5. The second-order valence-electron chi connectivity index (χ2n) is 3.88. The monoisotopic (exact) mass is 278 g/mol. The lowest BCUT2D eigenvalue weighted by molar-refractivity contribution is 0.814. The maximum absolute atomic E-state index is 6.44. The third kappa shape index (κ3) is 1.89. The molecule has 0 amide bonds. The molecular formula is C12H11ClN4S. The first kappa shape index (κ1) is 11.6. The number of rotatable bonds is 3. The highest BCUT2D eigenvalue weighted by Crippen LogP contribution is 2.31. The fourth-order valence-corrected chi connectivity index (χ4v) is 2.95. The molecule has 0 spiro atoms. The molecule has 4 nitrogen and oxygen atoms in total. The SMILES string of the molecule is CCc1nnc2sc(C(Cl)c3ccccc3)nn12. The summed E-state index contributed by atoms with van der Waals surface area (Å²) in [5, 5.41) is 13.3. The van der Waals surface area contributed by atoms with E-state index in [1.807, 2.05) is 37.3 Å². The summed E-state index contributed by atoms with van der Waals surface area (Å²) in [4.78, 5) is 0.795. The lowest BCUT2D eigenvalue weighted by Gasteiger charge is -2.04. The topological polar surface area (TPSA) is 43.1 Å². The van der Waals surface area contributed by atoms with Crippen LogP contribution in [0.3, 0.4) is 0 Å². The van der Waals surface area contributed by atoms with Gasteiger partial charge in [-0.2, -0.15) is 9.61 Å². The Balaban J connectivity index is 2.02. The third-order valence-electron chi connectivity index (χ3n) is 2.70. The van der Waals surface area contributed by atoms with E-state index in [9.17, 15) is 0 Å². The molecule has 2 heterocycles. The van der Waals surface area contributed by atoms with Crippen LogP contribution in [0.2, 0.25) is 0 Å². The Morgan fingerprint density at radius 1 is 1.28 bits per heavy atom. The first-order valence-electron chi connectivity index (χ1n) is 5.69. The summed E-state index contributed by atoms with van der Waals surface area (Å²) in [5.74, 6) is 0.865. The average molecular weight is 279 g/mol. The number of hydrogen-bond donors (Lipinski definition) is 0. The molecule has 18 heavy (non-hydrogen) atoms. The predicted molar refractivity (Wildman–Crippen MR) is 72.2 cm³/mol. The maximum atomic E-state index is 6.44. The number of benzene rings is 1. The largest absolute Gasteiger partial charge is 0.234 e. The number of aryl methyl sites for hydroxylation is 1. The second kappa shape index (κ2) is 4.66. The van der Waals surface area contributed by atoms with Crippen LogP contribution in [0.4, 0.5) is 0 Å². The molecule has 0 bridgehead atoms. The Morgan fingerprint density at radius 2 is 2.06 bits per heavy atom. The van der Waals surface area contributed by atoms with Crippen molar-refractivity contribution < 1.29 is 0 Å². The molecule has 0 aliphatic rings. The zero-order chi connectivity index (χ0) is 12.5. The summed E-state index contributed by atoms with van der Waals surface area (Å²) in [6.07, 6.45) is 0.808. The van der Waals surface area contributed by atoms with Crippen molar-refractivity contribution in [2.75, 3.05) is 0 Å². The summed E-state index contributed by atoms with van der Waals surface area (Å²) in [6.45, 7) is 2.03. The molecule has 0 saturated carbocycles. The minimum absolute atomic E-state index is 0.234. The average Bonchev–Trinajstić information content (AvgIpc) is 2.98. The van der Waals surface area contributed by atoms with Crippen LogP contribution in [0.1, 0.15) is 28.7 Å². The van der Waals surface area contributed by atoms with E-state index in [0.717, 1.165) is 27.8 Å². The van der Waals surface area contributed by atoms with Gasteiger partial charge in [-0.25, -0.2) is 0 Å². The Kier molecular flexibility index (Phi) is 3.01. The molecule has 92 valence electrons. The van der Waals surface area contributed by atoms with Gasteiger partial charge in [0, 0.05) is 6.42 Å². The van der Waals surface area contributed by atoms with Gasteiger partial charge in [-0.05, 0) is 5.56 Å². The number of nitrogens with zero attached hydrogens (tertiary/aromatic N) is 4. The number of alkyl halides is 1. The molecule has 2 aromatic heterocycles. The molecule has 0 aliphatic carbocycles. The first-order chi connectivity index (χ1) is 8.79. The number of halogens is 1. The van der Waals surface area contributed by atoms with E-state index >= 15 is 0 Å². The quantitative estimate of drug-likeness (QED) is 0.692. The van der Waals surface area contributed by atoms with Crippen LogP contribution < -0.4 is 0 Å². The molecule has 1 aromatic carbocycles. The van der Waals surface area contributed by atoms with Gasteiger partial charge in [0.1, 0.15) is 10.4 Å². The zero-order valence-corrected chi connectivity index (χ0v) is 11.3. The Morgan fingerprint density at radius 3 is 2.78 bits per heavy atom. The van der Waals surface area contributed by atoms with Crippen molar-refractivity contribution in [2.45, 2.75) is 18.7 Å². The lowest BCUT2D eigenvalue weighted by Crippen LogP contribution is -1.97. The molecule has 3 aromatic rings. The van der Waals surface area contributed by atoms with Gasteiger partial charge in [-0.1, -0.05) is 48.6 Å². The Hall–Kier alpha value is -1.46. The fraction of sp³-hybridized carbons (Fsp3) is 0.250. The van der Waals surface area contributed by atoms with Gasteiger partial charge in [0.05, 0.1) is 0 Å². The van der Waals surface area contributed by atoms with Crippen molar-refractivity contribution in [1.29, 1.82) is 0 Å². The van der Waals surface area contributed by atoms with Gasteiger partial charge in [-0.3, -0.25) is 0 Å². The van der Waals surface area contributed by atoms with E-state index in [0.29, 0.717) is 0 Å². The van der Waals surface area contributed by atoms with Crippen molar-refractivity contribution in [3.63, 3.8) is 0 Å². The van der Waals surface area contributed by atoms with Crippen LogP contribution in [0, 0.1) is 0 Å². The van der Waals surface area contributed by atoms with Crippen molar-refractivity contribution in [2.24, 2.45) is 0 Å². The number of fused-ring (bicyclic) bond motifs is 1. The van der Waals surface area contributed by atoms with Crippen molar-refractivity contribution in [3.05, 3.63) is 46.7 Å². The normalized spacial score (nSPS) is 13.0. The smallest absolute Gasteiger partial charge is 0.187 e. The molecule has 0 fully saturated rings. The summed E-state index contributed by atoms with van der Waals surface area (Å²) in [7, 11) is 0. The van der Waals surface area contributed by atoms with Gasteiger partial charge >= 0.3 is 0 Å². The van der Waals surface area contributed by atoms with E-state index in [1.54, 1.807) is 4.52 Å². The summed E-state index contributed by atoms with van der Waals surface area (Å²) < 4.78 is 1.78. The number of hydrogen-bond acceptors (Lipinski definition) is 4. The van der Waals surface area contributed by atoms with Crippen LogP contribution in [0.15, 0.2) is 30.3 Å². The Bertz CT molecular complexity index is 661. The van der Waals surface area contributed by atoms with Crippen LogP contribution in [0.25, 0.3) is 4.96 Å². The van der Waals surface area contributed by atoms with E-state index in [2.05, 4.69) is 15.3 Å². The van der Waals surface area contributed by atoms with E-state index < -0.39 is 0 Å². The predicted octanol–water partition coefficient (Wildman–Crippen LogP) is 3.08. The van der Waals surface area contributed by atoms with Gasteiger partial charge < -0.3 is 0 Å². The van der Waals surface area contributed by atoms with E-state index in [1.165, 1.54) is 11.3 Å². The highest BCUT2D eigenvalue weighted by Gasteiger charge is 2.18. The Labute approximate surface area is 113 Å². The van der Waals surface area contributed by atoms with E-state index in [4.69, 9.17) is 11.6 Å². The van der Waals surface area contributed by atoms with Gasteiger partial charge in [0.25, 0.3) is 0 Å². The fourth-order valence-electron chi connectivity index (χ4n) is 1.76. The molecule has 0 radical (unpaired) electrons. The molecular weight excluding hydrogens is 268 g/mol. The second-order valence-corrected chi connectivity index (χ2v) is 5.30. The standard InChI is InChI=1S/C12H11ClN4S/c1-2-9-14-15-12-17(9)16-11(18-12)10(13)8-6-4-3-5-7-8/h3-7,10H,2H2,1H3. The summed E-state index contributed by atoms with van der Waals surface area (Å²) in [5.41, 5.74) is 1.04. The maximum Gasteiger partial charge on any atom is 0.234 e. The van der Waals surface area contributed by atoms with Crippen LogP contribution in [-0.4, -0.2) is 19.8 Å². The molecule has 1 unspecified atom stereocenters. The van der Waals surface area contributed by atoms with Crippen molar-refractivity contribution in [1.82, 2.24) is 19.8 Å². The lowest BCUT2D eigenvalue weighted by atomic mass is 10.1. The van der Waals surface area contributed by atoms with Crippen LogP contribution in [-0.2, 0) is 6.42 Å². The summed E-state index contributed by atoms with van der Waals surface area (Å²) in [6, 6.07) is 9.92. The summed E-state index contributed by atoms with van der Waals surface area (Å²) >= 11 is 7.92. The van der Waals surface area contributed by atoms with Gasteiger partial charge in [-0.15, -0.1) is 21.8 Å². The molecule has 6 heteroatoms. The highest BCUT2D eigenvalue weighted by molar-refractivity contribution is 7.17.